The van der Waals surface area contributed by atoms with Crippen LogP contribution in [0.1, 0.15) is 21.7 Å². The highest BCUT2D eigenvalue weighted by molar-refractivity contribution is 7.80. The van der Waals surface area contributed by atoms with Gasteiger partial charge in [0.1, 0.15) is 17.1 Å². The molecular weight excluding hydrogens is 452 g/mol. The summed E-state index contributed by atoms with van der Waals surface area (Å²) in [7, 11) is 0. The lowest BCUT2D eigenvalue weighted by Gasteiger charge is -2.28. The van der Waals surface area contributed by atoms with Crippen molar-refractivity contribution in [2.75, 3.05) is 4.90 Å². The number of halogens is 1. The van der Waals surface area contributed by atoms with Crippen LogP contribution in [0.5, 0.6) is 0 Å². The van der Waals surface area contributed by atoms with Gasteiger partial charge in [-0.15, -0.1) is 0 Å². The SMILES string of the molecule is Cc1ccc(N2C(=O)/C(=C/c3ccc(-c4cc(C(=O)O)ccc4Cl)o3)C(=O)NC2=S)cc1. The monoisotopic (exact) mass is 466 g/mol. The first-order chi connectivity index (χ1) is 15.2. The van der Waals surface area contributed by atoms with E-state index in [1.165, 1.54) is 29.2 Å². The van der Waals surface area contributed by atoms with Crippen LogP contribution in [0.4, 0.5) is 5.69 Å². The van der Waals surface area contributed by atoms with Gasteiger partial charge in [-0.25, -0.2) is 4.79 Å². The van der Waals surface area contributed by atoms with Crippen molar-refractivity contribution >= 4 is 58.5 Å². The van der Waals surface area contributed by atoms with Crippen molar-refractivity contribution in [3.05, 3.63) is 82.1 Å². The Morgan fingerprint density at radius 1 is 1.12 bits per heavy atom. The number of furan rings is 1. The maximum absolute atomic E-state index is 13.1. The average Bonchev–Trinajstić information content (AvgIpc) is 3.21. The highest BCUT2D eigenvalue weighted by Gasteiger charge is 2.34. The maximum Gasteiger partial charge on any atom is 0.335 e. The van der Waals surface area contributed by atoms with Gasteiger partial charge in [0.2, 0.25) is 0 Å². The average molecular weight is 467 g/mol. The van der Waals surface area contributed by atoms with E-state index in [1.807, 2.05) is 19.1 Å². The van der Waals surface area contributed by atoms with Gasteiger partial charge in [-0.3, -0.25) is 19.8 Å². The predicted octanol–water partition coefficient (Wildman–Crippen LogP) is 4.44. The molecule has 7 nitrogen and oxygen atoms in total. The third-order valence-corrected chi connectivity index (χ3v) is 5.40. The number of aromatic carboxylic acids is 1. The summed E-state index contributed by atoms with van der Waals surface area (Å²) in [6.45, 7) is 1.92. The molecule has 2 aromatic carbocycles. The number of thiocarbonyl (C=S) groups is 1. The normalized spacial score (nSPS) is 15.2. The number of hydrogen-bond acceptors (Lipinski definition) is 5. The zero-order valence-corrected chi connectivity index (χ0v) is 18.2. The highest BCUT2D eigenvalue weighted by Crippen LogP contribution is 2.31. The molecule has 0 atom stereocenters. The number of carboxylic acid groups (broad SMARTS) is 1. The number of hydrogen-bond donors (Lipinski definition) is 2. The van der Waals surface area contributed by atoms with Crippen molar-refractivity contribution in [2.45, 2.75) is 6.92 Å². The van der Waals surface area contributed by atoms with Gasteiger partial charge in [-0.1, -0.05) is 29.3 Å². The fourth-order valence-electron chi connectivity index (χ4n) is 3.15. The van der Waals surface area contributed by atoms with E-state index in [0.29, 0.717) is 22.0 Å². The summed E-state index contributed by atoms with van der Waals surface area (Å²) in [4.78, 5) is 38.0. The van der Waals surface area contributed by atoms with Gasteiger partial charge >= 0.3 is 5.97 Å². The zero-order valence-electron chi connectivity index (χ0n) is 16.6. The molecule has 1 aromatic heterocycles. The van der Waals surface area contributed by atoms with E-state index in [9.17, 15) is 19.5 Å². The standard InChI is InChI=1S/C23H15ClN2O5S/c1-12-2-5-14(6-3-12)26-21(28)17(20(27)25-23(26)32)11-15-7-9-19(31-15)16-10-13(22(29)30)4-8-18(16)24/h2-11H,1H3,(H,29,30)(H,25,27,32)/b17-11+. The van der Waals surface area contributed by atoms with Crippen LogP contribution >= 0.6 is 23.8 Å². The number of rotatable bonds is 4. The molecule has 2 heterocycles. The van der Waals surface area contributed by atoms with E-state index in [-0.39, 0.29) is 22.0 Å². The molecule has 0 spiro atoms. The molecular formula is C23H15ClN2O5S. The minimum Gasteiger partial charge on any atom is -0.478 e. The molecule has 1 aliphatic rings. The lowest BCUT2D eigenvalue weighted by molar-refractivity contribution is -0.122. The van der Waals surface area contributed by atoms with Crippen molar-refractivity contribution in [1.82, 2.24) is 5.32 Å². The first kappa shape index (κ1) is 21.5. The summed E-state index contributed by atoms with van der Waals surface area (Å²) in [5.41, 5.74) is 1.79. The van der Waals surface area contributed by atoms with Gasteiger partial charge in [-0.05, 0) is 67.7 Å². The number of carbonyl (C=O) groups excluding carboxylic acids is 2. The molecule has 0 aliphatic carbocycles. The van der Waals surface area contributed by atoms with Crippen molar-refractivity contribution in [3.63, 3.8) is 0 Å². The second-order valence-electron chi connectivity index (χ2n) is 7.00. The van der Waals surface area contributed by atoms with Crippen molar-refractivity contribution in [2.24, 2.45) is 0 Å². The van der Waals surface area contributed by atoms with Crippen LogP contribution in [0.25, 0.3) is 17.4 Å². The Morgan fingerprint density at radius 2 is 1.84 bits per heavy atom. The van der Waals surface area contributed by atoms with Crippen LogP contribution in [-0.2, 0) is 9.59 Å². The first-order valence-corrected chi connectivity index (χ1v) is 10.1. The van der Waals surface area contributed by atoms with Gasteiger partial charge in [0.05, 0.1) is 16.3 Å². The quantitative estimate of drug-likeness (QED) is 0.335. The summed E-state index contributed by atoms with van der Waals surface area (Å²) in [5, 5.41) is 12.0. The van der Waals surface area contributed by atoms with Crippen LogP contribution < -0.4 is 10.2 Å². The molecule has 9 heteroatoms. The molecule has 3 aromatic rings. The minimum absolute atomic E-state index is 0.0154. The van der Waals surface area contributed by atoms with Crippen molar-refractivity contribution < 1.29 is 23.9 Å². The lowest BCUT2D eigenvalue weighted by atomic mass is 10.1. The van der Waals surface area contributed by atoms with Gasteiger partial charge in [0.15, 0.2) is 5.11 Å². The Hall–Kier alpha value is -3.75. The third kappa shape index (κ3) is 4.05. The fraction of sp³-hybridized carbons (Fsp3) is 0.0435. The van der Waals surface area contributed by atoms with E-state index in [2.05, 4.69) is 5.32 Å². The largest absolute Gasteiger partial charge is 0.478 e. The molecule has 4 rings (SSSR count). The summed E-state index contributed by atoms with van der Waals surface area (Å²) < 4.78 is 5.73. The lowest BCUT2D eigenvalue weighted by Crippen LogP contribution is -2.54. The van der Waals surface area contributed by atoms with E-state index in [4.69, 9.17) is 28.2 Å². The molecule has 0 unspecified atom stereocenters. The number of carbonyl (C=O) groups is 3. The van der Waals surface area contributed by atoms with Gasteiger partial charge in [0.25, 0.3) is 11.8 Å². The summed E-state index contributed by atoms with van der Waals surface area (Å²) >= 11 is 11.4. The Labute approximate surface area is 192 Å². The van der Waals surface area contributed by atoms with Crippen LogP contribution in [0.3, 0.4) is 0 Å². The maximum atomic E-state index is 13.1. The minimum atomic E-state index is -1.10. The predicted molar refractivity (Wildman–Crippen MR) is 123 cm³/mol. The number of carboxylic acids is 1. The number of aryl methyl sites for hydroxylation is 1. The van der Waals surface area contributed by atoms with Crippen LogP contribution in [0, 0.1) is 6.92 Å². The van der Waals surface area contributed by atoms with E-state index < -0.39 is 17.8 Å². The molecule has 2 N–H and O–H groups in total. The number of anilines is 1. The zero-order chi connectivity index (χ0) is 23.0. The van der Waals surface area contributed by atoms with Gasteiger partial charge in [0, 0.05) is 5.56 Å². The Morgan fingerprint density at radius 3 is 2.53 bits per heavy atom. The Bertz CT molecular complexity index is 1310. The van der Waals surface area contributed by atoms with E-state index in [0.717, 1.165) is 5.56 Å². The summed E-state index contributed by atoms with van der Waals surface area (Å²) in [6, 6.07) is 14.5. The fourth-order valence-corrected chi connectivity index (χ4v) is 3.64. The van der Waals surface area contributed by atoms with Crippen molar-refractivity contribution in [1.29, 1.82) is 0 Å². The molecule has 1 saturated heterocycles. The van der Waals surface area contributed by atoms with Crippen LogP contribution in [0.15, 0.2) is 64.6 Å². The number of nitrogens with one attached hydrogen (secondary N) is 1. The van der Waals surface area contributed by atoms with Crippen LogP contribution in [0.2, 0.25) is 5.02 Å². The van der Waals surface area contributed by atoms with Gasteiger partial charge < -0.3 is 9.52 Å². The summed E-state index contributed by atoms with van der Waals surface area (Å²) in [6.07, 6.45) is 1.30. The van der Waals surface area contributed by atoms with E-state index in [1.54, 1.807) is 24.3 Å². The summed E-state index contributed by atoms with van der Waals surface area (Å²) in [5.74, 6) is -1.83. The highest BCUT2D eigenvalue weighted by atomic mass is 35.5. The van der Waals surface area contributed by atoms with Crippen LogP contribution in [-0.4, -0.2) is 28.0 Å². The second kappa shape index (κ2) is 8.41. The first-order valence-electron chi connectivity index (χ1n) is 9.36. The molecule has 0 saturated carbocycles. The number of nitrogens with zero attached hydrogens (tertiary/aromatic N) is 1. The Balaban J connectivity index is 1.69. The number of amides is 2. The second-order valence-corrected chi connectivity index (χ2v) is 7.79. The topological polar surface area (TPSA) is 99.8 Å². The van der Waals surface area contributed by atoms with Gasteiger partial charge in [-0.2, -0.15) is 0 Å². The van der Waals surface area contributed by atoms with Crippen molar-refractivity contribution in [3.8, 4) is 11.3 Å². The number of benzene rings is 2. The third-order valence-electron chi connectivity index (χ3n) is 4.79. The molecule has 1 fully saturated rings. The molecule has 32 heavy (non-hydrogen) atoms. The molecule has 0 radical (unpaired) electrons. The molecule has 1 aliphatic heterocycles. The Kier molecular flexibility index (Phi) is 5.65. The smallest absolute Gasteiger partial charge is 0.335 e. The molecule has 0 bridgehead atoms. The molecule has 160 valence electrons. The molecule has 2 amide bonds. The van der Waals surface area contributed by atoms with E-state index >= 15 is 0 Å².